The molecule has 128 valence electrons. The Kier molecular flexibility index (Phi) is 5.30. The summed E-state index contributed by atoms with van der Waals surface area (Å²) in [5, 5.41) is 3.14. The van der Waals surface area contributed by atoms with Crippen LogP contribution in [-0.4, -0.2) is 41.6 Å². The SMILES string of the molecule is CCOc1cc(N2CCC(NC(=O)c3ccc(C)s3)CC2)ncn1. The number of nitrogens with zero attached hydrogens (tertiary/aromatic N) is 3. The van der Waals surface area contributed by atoms with Crippen molar-refractivity contribution in [1.29, 1.82) is 0 Å². The summed E-state index contributed by atoms with van der Waals surface area (Å²) in [7, 11) is 0. The van der Waals surface area contributed by atoms with Crippen LogP contribution in [0.15, 0.2) is 24.5 Å². The molecule has 24 heavy (non-hydrogen) atoms. The molecule has 0 atom stereocenters. The molecule has 0 saturated carbocycles. The van der Waals surface area contributed by atoms with Gasteiger partial charge in [0.2, 0.25) is 5.88 Å². The van der Waals surface area contributed by atoms with E-state index in [0.717, 1.165) is 41.5 Å². The van der Waals surface area contributed by atoms with Gasteiger partial charge in [0, 0.05) is 30.1 Å². The fourth-order valence-electron chi connectivity index (χ4n) is 2.80. The van der Waals surface area contributed by atoms with Gasteiger partial charge in [-0.2, -0.15) is 0 Å². The fraction of sp³-hybridized carbons (Fsp3) is 0.471. The second-order valence-electron chi connectivity index (χ2n) is 5.79. The van der Waals surface area contributed by atoms with Gasteiger partial charge in [0.1, 0.15) is 12.1 Å². The number of carbonyl (C=O) groups is 1. The highest BCUT2D eigenvalue weighted by molar-refractivity contribution is 7.13. The standard InChI is InChI=1S/C17H22N4O2S/c1-3-23-16-10-15(18-11-19-16)21-8-6-13(7-9-21)20-17(22)14-5-4-12(2)24-14/h4-5,10-11,13H,3,6-9H2,1-2H3,(H,20,22). The minimum absolute atomic E-state index is 0.0345. The van der Waals surface area contributed by atoms with Crippen LogP contribution in [0.3, 0.4) is 0 Å². The molecule has 0 bridgehead atoms. The van der Waals surface area contributed by atoms with Crippen molar-refractivity contribution >= 4 is 23.1 Å². The Labute approximate surface area is 145 Å². The molecule has 0 unspecified atom stereocenters. The molecule has 0 spiro atoms. The van der Waals surface area contributed by atoms with Crippen LogP contribution >= 0.6 is 11.3 Å². The van der Waals surface area contributed by atoms with Crippen molar-refractivity contribution < 1.29 is 9.53 Å². The van der Waals surface area contributed by atoms with Gasteiger partial charge in [-0.15, -0.1) is 11.3 Å². The molecular weight excluding hydrogens is 324 g/mol. The second kappa shape index (κ2) is 7.61. The zero-order valence-electron chi connectivity index (χ0n) is 14.0. The Balaban J connectivity index is 1.54. The second-order valence-corrected chi connectivity index (χ2v) is 7.08. The molecule has 0 aromatic carbocycles. The smallest absolute Gasteiger partial charge is 0.261 e. The van der Waals surface area contributed by atoms with E-state index in [0.29, 0.717) is 12.5 Å². The van der Waals surface area contributed by atoms with Crippen LogP contribution in [-0.2, 0) is 0 Å². The third-order valence-electron chi connectivity index (χ3n) is 4.04. The maximum atomic E-state index is 12.2. The number of rotatable bonds is 5. The predicted octanol–water partition coefficient (Wildman–Crippen LogP) is 2.64. The summed E-state index contributed by atoms with van der Waals surface area (Å²) in [6, 6.07) is 5.95. The van der Waals surface area contributed by atoms with Crippen molar-refractivity contribution in [2.24, 2.45) is 0 Å². The molecule has 7 heteroatoms. The predicted molar refractivity (Wildman–Crippen MR) is 95.0 cm³/mol. The Bertz CT molecular complexity index is 695. The summed E-state index contributed by atoms with van der Waals surface area (Å²) in [6.45, 7) is 6.25. The molecule has 6 nitrogen and oxygen atoms in total. The number of ether oxygens (including phenoxy) is 1. The van der Waals surface area contributed by atoms with Gasteiger partial charge in [-0.05, 0) is 38.8 Å². The number of hydrogen-bond acceptors (Lipinski definition) is 6. The molecule has 1 saturated heterocycles. The first-order chi connectivity index (χ1) is 11.7. The molecule has 1 N–H and O–H groups in total. The van der Waals surface area contributed by atoms with E-state index in [1.807, 2.05) is 32.0 Å². The Morgan fingerprint density at radius 1 is 1.38 bits per heavy atom. The zero-order chi connectivity index (χ0) is 16.9. The maximum absolute atomic E-state index is 12.2. The van der Waals surface area contributed by atoms with Crippen molar-refractivity contribution in [2.45, 2.75) is 32.7 Å². The number of aryl methyl sites for hydroxylation is 1. The number of carbonyl (C=O) groups excluding carboxylic acids is 1. The first-order valence-corrected chi connectivity index (χ1v) is 9.04. The van der Waals surface area contributed by atoms with Crippen LogP contribution in [0.5, 0.6) is 5.88 Å². The van der Waals surface area contributed by atoms with Crippen molar-refractivity contribution in [2.75, 3.05) is 24.6 Å². The van der Waals surface area contributed by atoms with Gasteiger partial charge < -0.3 is 15.0 Å². The minimum Gasteiger partial charge on any atom is -0.478 e. The summed E-state index contributed by atoms with van der Waals surface area (Å²) in [6.07, 6.45) is 3.35. The summed E-state index contributed by atoms with van der Waals surface area (Å²) < 4.78 is 5.43. The van der Waals surface area contributed by atoms with E-state index in [1.165, 1.54) is 17.7 Å². The lowest BCUT2D eigenvalue weighted by atomic mass is 10.0. The van der Waals surface area contributed by atoms with Gasteiger partial charge in [-0.3, -0.25) is 4.79 Å². The first kappa shape index (κ1) is 16.7. The first-order valence-electron chi connectivity index (χ1n) is 8.23. The topological polar surface area (TPSA) is 67.3 Å². The maximum Gasteiger partial charge on any atom is 0.261 e. The monoisotopic (exact) mass is 346 g/mol. The lowest BCUT2D eigenvalue weighted by molar-refractivity contribution is 0.0935. The van der Waals surface area contributed by atoms with Gasteiger partial charge >= 0.3 is 0 Å². The van der Waals surface area contributed by atoms with Crippen LogP contribution < -0.4 is 15.0 Å². The van der Waals surface area contributed by atoms with Crippen LogP contribution in [0.1, 0.15) is 34.3 Å². The molecule has 2 aromatic heterocycles. The number of thiophene rings is 1. The highest BCUT2D eigenvalue weighted by Crippen LogP contribution is 2.21. The molecule has 2 aromatic rings. The van der Waals surface area contributed by atoms with Gasteiger partial charge in [0.25, 0.3) is 5.91 Å². The van der Waals surface area contributed by atoms with Gasteiger partial charge in [-0.25, -0.2) is 9.97 Å². The highest BCUT2D eigenvalue weighted by Gasteiger charge is 2.22. The van der Waals surface area contributed by atoms with Gasteiger partial charge in [-0.1, -0.05) is 0 Å². The van der Waals surface area contributed by atoms with Crippen molar-refractivity contribution in [3.8, 4) is 5.88 Å². The van der Waals surface area contributed by atoms with Gasteiger partial charge in [0.15, 0.2) is 0 Å². The van der Waals surface area contributed by atoms with E-state index in [9.17, 15) is 4.79 Å². The van der Waals surface area contributed by atoms with Crippen LogP contribution in [0.2, 0.25) is 0 Å². The van der Waals surface area contributed by atoms with E-state index >= 15 is 0 Å². The van der Waals surface area contributed by atoms with Crippen LogP contribution in [0.25, 0.3) is 0 Å². The zero-order valence-corrected chi connectivity index (χ0v) is 14.8. The number of aromatic nitrogens is 2. The average molecular weight is 346 g/mol. The summed E-state index contributed by atoms with van der Waals surface area (Å²) in [5.41, 5.74) is 0. The van der Waals surface area contributed by atoms with E-state index in [1.54, 1.807) is 0 Å². The summed E-state index contributed by atoms with van der Waals surface area (Å²) >= 11 is 1.53. The van der Waals surface area contributed by atoms with E-state index in [2.05, 4.69) is 20.2 Å². The molecule has 1 aliphatic heterocycles. The van der Waals surface area contributed by atoms with Crippen LogP contribution in [0.4, 0.5) is 5.82 Å². The van der Waals surface area contributed by atoms with E-state index in [-0.39, 0.29) is 11.9 Å². The Hall–Kier alpha value is -2.15. The third-order valence-corrected chi connectivity index (χ3v) is 5.04. The molecule has 1 amide bonds. The third kappa shape index (κ3) is 4.03. The van der Waals surface area contributed by atoms with Gasteiger partial charge in [0.05, 0.1) is 11.5 Å². The number of amides is 1. The lowest BCUT2D eigenvalue weighted by Crippen LogP contribution is -2.44. The molecule has 1 aliphatic rings. The highest BCUT2D eigenvalue weighted by atomic mass is 32.1. The number of anilines is 1. The molecule has 1 fully saturated rings. The number of hydrogen-bond donors (Lipinski definition) is 1. The average Bonchev–Trinajstić information content (AvgIpc) is 3.03. The minimum atomic E-state index is 0.0345. The number of piperidine rings is 1. The fourth-order valence-corrected chi connectivity index (χ4v) is 3.57. The quantitative estimate of drug-likeness (QED) is 0.901. The van der Waals surface area contributed by atoms with Crippen LogP contribution in [0, 0.1) is 6.92 Å². The normalized spacial score (nSPS) is 15.3. The molecule has 0 radical (unpaired) electrons. The van der Waals surface area contributed by atoms with Crippen molar-refractivity contribution in [3.63, 3.8) is 0 Å². The van der Waals surface area contributed by atoms with E-state index < -0.39 is 0 Å². The largest absolute Gasteiger partial charge is 0.478 e. The molecule has 0 aliphatic carbocycles. The Morgan fingerprint density at radius 3 is 2.83 bits per heavy atom. The van der Waals surface area contributed by atoms with Crippen molar-refractivity contribution in [1.82, 2.24) is 15.3 Å². The number of nitrogens with one attached hydrogen (secondary N) is 1. The summed E-state index contributed by atoms with van der Waals surface area (Å²) in [4.78, 5) is 24.8. The molecular formula is C17H22N4O2S. The molecule has 3 heterocycles. The lowest BCUT2D eigenvalue weighted by Gasteiger charge is -2.33. The summed E-state index contributed by atoms with van der Waals surface area (Å²) in [5.74, 6) is 1.52. The van der Waals surface area contributed by atoms with E-state index in [4.69, 9.17) is 4.74 Å². The molecule has 3 rings (SSSR count). The Morgan fingerprint density at radius 2 is 2.17 bits per heavy atom. The van der Waals surface area contributed by atoms with Crippen molar-refractivity contribution in [3.05, 3.63) is 34.3 Å².